The van der Waals surface area contributed by atoms with Crippen molar-refractivity contribution >= 4 is 25.5 Å². The zero-order valence-electron chi connectivity index (χ0n) is 8.18. The van der Waals surface area contributed by atoms with Crippen LogP contribution < -0.4 is 5.30 Å². The zero-order chi connectivity index (χ0) is 9.68. The molecule has 0 saturated carbocycles. The molecule has 0 aliphatic heterocycles. The van der Waals surface area contributed by atoms with E-state index in [1.165, 1.54) is 18.1 Å². The molecule has 0 aromatic heterocycles. The number of hydrogen-bond acceptors (Lipinski definition) is 0. The molecule has 0 heterocycles. The Morgan fingerprint density at radius 2 is 1.92 bits per heavy atom. The Morgan fingerprint density at radius 3 is 2.46 bits per heavy atom. The second-order valence-corrected chi connectivity index (χ2v) is 5.63. The van der Waals surface area contributed by atoms with E-state index >= 15 is 0 Å². The van der Waals surface area contributed by atoms with E-state index in [2.05, 4.69) is 26.0 Å². The van der Waals surface area contributed by atoms with E-state index < -0.39 is 0 Å². The summed E-state index contributed by atoms with van der Waals surface area (Å²) in [5, 5.41) is 2.25. The van der Waals surface area contributed by atoms with Gasteiger partial charge in [0.2, 0.25) is 0 Å². The van der Waals surface area contributed by atoms with Gasteiger partial charge in [-0.05, 0) is 29.5 Å². The van der Waals surface area contributed by atoms with Gasteiger partial charge in [-0.1, -0.05) is 52.6 Å². The molecule has 0 aliphatic rings. The van der Waals surface area contributed by atoms with Gasteiger partial charge < -0.3 is 0 Å². The lowest BCUT2D eigenvalue weighted by molar-refractivity contribution is 0.785. The van der Waals surface area contributed by atoms with Crippen molar-refractivity contribution in [1.29, 1.82) is 0 Å². The molecule has 0 radical (unpaired) electrons. The summed E-state index contributed by atoms with van der Waals surface area (Å²) in [4.78, 5) is 0. The molecule has 2 heteroatoms. The first-order valence-electron chi connectivity index (χ1n) is 4.74. The molecule has 0 spiro atoms. The SMILES string of the molecule is CCCC(C)Pc1ccc(Cl)cc1. The van der Waals surface area contributed by atoms with E-state index in [-0.39, 0.29) is 0 Å². The van der Waals surface area contributed by atoms with E-state index in [9.17, 15) is 0 Å². The van der Waals surface area contributed by atoms with Crippen LogP contribution in [0.3, 0.4) is 0 Å². The third-order valence-corrected chi connectivity index (χ3v) is 3.68. The number of halogens is 1. The van der Waals surface area contributed by atoms with Gasteiger partial charge in [0.05, 0.1) is 0 Å². The van der Waals surface area contributed by atoms with Crippen LogP contribution in [-0.2, 0) is 0 Å². The van der Waals surface area contributed by atoms with Crippen LogP contribution in [0.4, 0.5) is 0 Å². The molecular formula is C11H16ClP. The van der Waals surface area contributed by atoms with Crippen LogP contribution in [-0.4, -0.2) is 5.66 Å². The quantitative estimate of drug-likeness (QED) is 0.669. The van der Waals surface area contributed by atoms with Crippen molar-refractivity contribution in [3.63, 3.8) is 0 Å². The third-order valence-electron chi connectivity index (χ3n) is 1.98. The van der Waals surface area contributed by atoms with Gasteiger partial charge >= 0.3 is 0 Å². The highest BCUT2D eigenvalue weighted by molar-refractivity contribution is 7.47. The maximum absolute atomic E-state index is 5.81. The molecule has 0 fully saturated rings. The van der Waals surface area contributed by atoms with Gasteiger partial charge in [-0.3, -0.25) is 0 Å². The lowest BCUT2D eigenvalue weighted by atomic mass is 10.3. The summed E-state index contributed by atoms with van der Waals surface area (Å²) < 4.78 is 0. The summed E-state index contributed by atoms with van der Waals surface area (Å²) in [6.07, 6.45) is 2.60. The summed E-state index contributed by atoms with van der Waals surface area (Å²) >= 11 is 5.81. The summed E-state index contributed by atoms with van der Waals surface area (Å²) in [6, 6.07) is 8.21. The molecule has 0 N–H and O–H groups in total. The Balaban J connectivity index is 2.49. The van der Waals surface area contributed by atoms with Crippen molar-refractivity contribution in [1.82, 2.24) is 0 Å². The molecule has 0 aliphatic carbocycles. The van der Waals surface area contributed by atoms with Gasteiger partial charge in [0.25, 0.3) is 0 Å². The van der Waals surface area contributed by atoms with Crippen LogP contribution in [0.1, 0.15) is 26.7 Å². The van der Waals surface area contributed by atoms with Crippen molar-refractivity contribution < 1.29 is 0 Å². The molecule has 0 bridgehead atoms. The molecular weight excluding hydrogens is 199 g/mol. The first kappa shape index (κ1) is 11.0. The molecule has 13 heavy (non-hydrogen) atoms. The highest BCUT2D eigenvalue weighted by Gasteiger charge is 2.01. The van der Waals surface area contributed by atoms with Gasteiger partial charge in [0.1, 0.15) is 0 Å². The predicted molar refractivity (Wildman–Crippen MR) is 63.8 cm³/mol. The first-order valence-corrected chi connectivity index (χ1v) is 6.20. The minimum Gasteiger partial charge on any atom is -0.0875 e. The van der Waals surface area contributed by atoms with Crippen molar-refractivity contribution in [2.75, 3.05) is 0 Å². The first-order chi connectivity index (χ1) is 6.22. The fourth-order valence-electron chi connectivity index (χ4n) is 1.34. The third kappa shape index (κ3) is 4.11. The standard InChI is InChI=1S/C11H16ClP/c1-3-4-9(2)13-11-7-5-10(12)6-8-11/h5-9,13H,3-4H2,1-2H3. The van der Waals surface area contributed by atoms with Crippen molar-refractivity contribution in [3.8, 4) is 0 Å². The fraction of sp³-hybridized carbons (Fsp3) is 0.455. The van der Waals surface area contributed by atoms with E-state index in [1.54, 1.807) is 0 Å². The van der Waals surface area contributed by atoms with Gasteiger partial charge in [-0.25, -0.2) is 0 Å². The molecule has 1 rings (SSSR count). The van der Waals surface area contributed by atoms with Crippen molar-refractivity contribution in [2.24, 2.45) is 0 Å². The van der Waals surface area contributed by atoms with Gasteiger partial charge in [-0.2, -0.15) is 0 Å². The molecule has 0 amide bonds. The van der Waals surface area contributed by atoms with E-state index in [1.807, 2.05) is 12.1 Å². The summed E-state index contributed by atoms with van der Waals surface area (Å²) in [5.41, 5.74) is 0.811. The lowest BCUT2D eigenvalue weighted by Crippen LogP contribution is -2.01. The average molecular weight is 215 g/mol. The molecule has 0 saturated heterocycles. The average Bonchev–Trinajstić information content (AvgIpc) is 2.09. The largest absolute Gasteiger partial charge is 0.0875 e. The second-order valence-electron chi connectivity index (χ2n) is 3.34. The summed E-state index contributed by atoms with van der Waals surface area (Å²) in [5.74, 6) is 0. The van der Waals surface area contributed by atoms with Crippen LogP contribution >= 0.6 is 20.2 Å². The lowest BCUT2D eigenvalue weighted by Gasteiger charge is -2.09. The highest BCUT2D eigenvalue weighted by atomic mass is 35.5. The molecule has 1 aromatic carbocycles. The molecule has 72 valence electrons. The maximum atomic E-state index is 5.81. The number of rotatable bonds is 4. The number of hydrogen-bond donors (Lipinski definition) is 0. The Morgan fingerprint density at radius 1 is 1.31 bits per heavy atom. The fourth-order valence-corrected chi connectivity index (χ4v) is 2.82. The summed E-state index contributed by atoms with van der Waals surface area (Å²) in [7, 11) is 0.923. The predicted octanol–water partition coefficient (Wildman–Crippen LogP) is 3.83. The minimum absolute atomic E-state index is 0.811. The molecule has 2 unspecified atom stereocenters. The van der Waals surface area contributed by atoms with Gasteiger partial charge in [0.15, 0.2) is 0 Å². The van der Waals surface area contributed by atoms with E-state index in [0.29, 0.717) is 0 Å². The van der Waals surface area contributed by atoms with Crippen molar-refractivity contribution in [2.45, 2.75) is 32.3 Å². The van der Waals surface area contributed by atoms with Crippen molar-refractivity contribution in [3.05, 3.63) is 29.3 Å². The van der Waals surface area contributed by atoms with Crippen LogP contribution in [0.5, 0.6) is 0 Å². The maximum Gasteiger partial charge on any atom is 0.0406 e. The Kier molecular flexibility index (Phi) is 4.77. The second kappa shape index (κ2) is 5.62. The Labute approximate surface area is 87.5 Å². The van der Waals surface area contributed by atoms with Gasteiger partial charge in [-0.15, -0.1) is 0 Å². The smallest absolute Gasteiger partial charge is 0.0406 e. The Bertz CT molecular complexity index is 243. The summed E-state index contributed by atoms with van der Waals surface area (Å²) in [6.45, 7) is 4.55. The molecule has 0 nitrogen and oxygen atoms in total. The zero-order valence-corrected chi connectivity index (χ0v) is 9.93. The highest BCUT2D eigenvalue weighted by Crippen LogP contribution is 2.22. The normalized spacial score (nSPS) is 13.8. The van der Waals surface area contributed by atoms with Crippen LogP contribution in [0.15, 0.2) is 24.3 Å². The Hall–Kier alpha value is -0.0600. The monoisotopic (exact) mass is 214 g/mol. The van der Waals surface area contributed by atoms with Gasteiger partial charge in [0, 0.05) is 5.02 Å². The molecule has 1 aromatic rings. The minimum atomic E-state index is 0.811. The molecule has 2 atom stereocenters. The number of benzene rings is 1. The van der Waals surface area contributed by atoms with E-state index in [4.69, 9.17) is 11.6 Å². The topological polar surface area (TPSA) is 0 Å². The van der Waals surface area contributed by atoms with Crippen LogP contribution in [0.25, 0.3) is 0 Å². The van der Waals surface area contributed by atoms with Crippen LogP contribution in [0, 0.1) is 0 Å². The van der Waals surface area contributed by atoms with E-state index in [0.717, 1.165) is 19.3 Å². The van der Waals surface area contributed by atoms with Crippen LogP contribution in [0.2, 0.25) is 5.02 Å².